The van der Waals surface area contributed by atoms with Crippen molar-refractivity contribution in [2.24, 2.45) is 0 Å². The Bertz CT molecular complexity index is 1660. The fourth-order valence-corrected chi connectivity index (χ4v) is 10.0. The number of allylic oxidation sites excluding steroid dienone is 18. The second-order valence-corrected chi connectivity index (χ2v) is 23.4. The van der Waals surface area contributed by atoms with Gasteiger partial charge in [0.05, 0.1) is 0 Å². The highest BCUT2D eigenvalue weighted by Crippen LogP contribution is 2.17. The summed E-state index contributed by atoms with van der Waals surface area (Å²) >= 11 is 0. The molecule has 476 valence electrons. The van der Waals surface area contributed by atoms with Crippen LogP contribution < -0.4 is 0 Å². The summed E-state index contributed by atoms with van der Waals surface area (Å²) in [5.74, 6) is -0.884. The monoisotopic (exact) mass is 1150 g/mol. The van der Waals surface area contributed by atoms with Gasteiger partial charge in [0.25, 0.3) is 0 Å². The van der Waals surface area contributed by atoms with Gasteiger partial charge < -0.3 is 14.2 Å². The van der Waals surface area contributed by atoms with E-state index in [-0.39, 0.29) is 31.1 Å². The fourth-order valence-electron chi connectivity index (χ4n) is 10.0. The van der Waals surface area contributed by atoms with Crippen LogP contribution in [0.5, 0.6) is 0 Å². The molecule has 0 aliphatic heterocycles. The van der Waals surface area contributed by atoms with Crippen LogP contribution in [0.3, 0.4) is 0 Å². The molecule has 0 aliphatic rings. The van der Waals surface area contributed by atoms with Crippen molar-refractivity contribution in [2.75, 3.05) is 13.2 Å². The smallest absolute Gasteiger partial charge is 0.306 e. The van der Waals surface area contributed by atoms with Crippen molar-refractivity contribution in [1.29, 1.82) is 0 Å². The lowest BCUT2D eigenvalue weighted by Gasteiger charge is -2.18. The van der Waals surface area contributed by atoms with Gasteiger partial charge in [-0.25, -0.2) is 0 Å². The molecular weight excluding hydrogens is 1020 g/mol. The SMILES string of the molecule is CC/C=C\C/C=C\C/C=C\C/C=C\CCCCCCCCCCCCCCCCCCC(=O)OCC(COC(=O)CCCCCCC/C=C\CCCCCCCC)OC(=O)CCCCCCCCCC/C=C\C/C=C\C/C=C\C/C=C\CC. The molecule has 0 N–H and O–H groups in total. The zero-order valence-electron chi connectivity index (χ0n) is 54.7. The van der Waals surface area contributed by atoms with E-state index in [2.05, 4.69) is 130 Å². The molecule has 1 unspecified atom stereocenters. The second kappa shape index (κ2) is 70.6. The molecule has 6 heteroatoms. The van der Waals surface area contributed by atoms with E-state index in [1.807, 2.05) is 0 Å². The standard InChI is InChI=1S/C77H132O6/c1-4-7-10-13-16-19-22-25-28-30-32-34-35-36-37-38-39-40-41-43-44-46-49-52-55-58-61-64-67-70-76(79)82-73-74(72-81-75(78)69-66-63-60-57-54-51-48-27-24-21-18-15-12-9-6-3)83-77(80)71-68-65-62-59-56-53-50-47-45-42-33-31-29-26-23-20-17-14-11-8-5-2/h7-8,10-11,16-17,19-20,25-29,32-34,42,48,74H,4-6,9,12-15,18,21-24,30-31,35-41,43-47,49-73H2,1-3H3/b10-7-,11-8-,19-16-,20-17-,28-25-,29-26-,34-32-,42-33-,48-27-. The van der Waals surface area contributed by atoms with Gasteiger partial charge in [-0.1, -0.05) is 310 Å². The number of ether oxygens (including phenoxy) is 3. The zero-order chi connectivity index (χ0) is 59.9. The minimum Gasteiger partial charge on any atom is -0.462 e. The lowest BCUT2D eigenvalue weighted by molar-refractivity contribution is -0.167. The molecule has 1 atom stereocenters. The normalized spacial score (nSPS) is 12.8. The zero-order valence-corrected chi connectivity index (χ0v) is 54.7. The molecule has 0 saturated heterocycles. The summed E-state index contributed by atoms with van der Waals surface area (Å²) < 4.78 is 17.0. The van der Waals surface area contributed by atoms with E-state index in [1.165, 1.54) is 180 Å². The minimum atomic E-state index is -0.788. The lowest BCUT2D eigenvalue weighted by atomic mass is 10.0. The molecule has 0 aliphatic carbocycles. The summed E-state index contributed by atoms with van der Waals surface area (Å²) in [4.78, 5) is 38.5. The van der Waals surface area contributed by atoms with Crippen molar-refractivity contribution >= 4 is 17.9 Å². The van der Waals surface area contributed by atoms with Gasteiger partial charge in [0.2, 0.25) is 0 Å². The molecule has 0 amide bonds. The Hall–Kier alpha value is -3.93. The largest absolute Gasteiger partial charge is 0.462 e. The maximum Gasteiger partial charge on any atom is 0.306 e. The molecule has 0 saturated carbocycles. The van der Waals surface area contributed by atoms with Crippen LogP contribution in [0.2, 0.25) is 0 Å². The van der Waals surface area contributed by atoms with Crippen LogP contribution in [0.4, 0.5) is 0 Å². The Labute approximate surface area is 514 Å². The highest BCUT2D eigenvalue weighted by Gasteiger charge is 2.19. The highest BCUT2D eigenvalue weighted by molar-refractivity contribution is 5.71. The van der Waals surface area contributed by atoms with Crippen LogP contribution in [-0.2, 0) is 28.6 Å². The molecule has 0 bridgehead atoms. The minimum absolute atomic E-state index is 0.0820. The number of hydrogen-bond acceptors (Lipinski definition) is 6. The van der Waals surface area contributed by atoms with Crippen molar-refractivity contribution in [3.8, 4) is 0 Å². The molecular formula is C77H132O6. The summed E-state index contributed by atoms with van der Waals surface area (Å²) in [7, 11) is 0. The van der Waals surface area contributed by atoms with Gasteiger partial charge in [0.1, 0.15) is 13.2 Å². The van der Waals surface area contributed by atoms with Crippen LogP contribution in [0.25, 0.3) is 0 Å². The Morgan fingerprint density at radius 2 is 0.470 bits per heavy atom. The molecule has 0 aromatic rings. The van der Waals surface area contributed by atoms with Crippen molar-refractivity contribution < 1.29 is 28.6 Å². The molecule has 0 radical (unpaired) electrons. The van der Waals surface area contributed by atoms with Crippen molar-refractivity contribution in [3.63, 3.8) is 0 Å². The Morgan fingerprint density at radius 1 is 0.253 bits per heavy atom. The van der Waals surface area contributed by atoms with E-state index >= 15 is 0 Å². The number of hydrogen-bond donors (Lipinski definition) is 0. The van der Waals surface area contributed by atoms with E-state index in [0.717, 1.165) is 122 Å². The van der Waals surface area contributed by atoms with Gasteiger partial charge >= 0.3 is 17.9 Å². The first kappa shape index (κ1) is 79.1. The van der Waals surface area contributed by atoms with E-state index in [1.54, 1.807) is 0 Å². The topological polar surface area (TPSA) is 78.9 Å². The highest BCUT2D eigenvalue weighted by atomic mass is 16.6. The number of carbonyl (C=O) groups is 3. The summed E-state index contributed by atoms with van der Waals surface area (Å²) in [5.41, 5.74) is 0. The van der Waals surface area contributed by atoms with Crippen LogP contribution in [-0.4, -0.2) is 37.2 Å². The first-order valence-electron chi connectivity index (χ1n) is 35.4. The van der Waals surface area contributed by atoms with Gasteiger partial charge in [0, 0.05) is 19.3 Å². The lowest BCUT2D eigenvalue weighted by Crippen LogP contribution is -2.30. The maximum absolute atomic E-state index is 13.0. The average Bonchev–Trinajstić information content (AvgIpc) is 3.49. The Morgan fingerprint density at radius 3 is 0.747 bits per heavy atom. The predicted octanol–water partition coefficient (Wildman–Crippen LogP) is 24.6. The molecule has 0 heterocycles. The van der Waals surface area contributed by atoms with Gasteiger partial charge in [-0.2, -0.15) is 0 Å². The summed E-state index contributed by atoms with van der Waals surface area (Å²) in [5, 5.41) is 0. The number of rotatable bonds is 64. The van der Waals surface area contributed by atoms with E-state index in [9.17, 15) is 14.4 Å². The van der Waals surface area contributed by atoms with E-state index in [4.69, 9.17) is 14.2 Å². The van der Waals surface area contributed by atoms with Gasteiger partial charge in [-0.15, -0.1) is 0 Å². The number of esters is 3. The van der Waals surface area contributed by atoms with Gasteiger partial charge in [-0.05, 0) is 122 Å². The third-order valence-electron chi connectivity index (χ3n) is 15.2. The van der Waals surface area contributed by atoms with Crippen LogP contribution in [0, 0.1) is 0 Å². The molecule has 0 spiro atoms. The first-order valence-corrected chi connectivity index (χ1v) is 35.4. The third kappa shape index (κ3) is 68.7. The third-order valence-corrected chi connectivity index (χ3v) is 15.2. The van der Waals surface area contributed by atoms with E-state index < -0.39 is 6.10 Å². The van der Waals surface area contributed by atoms with Crippen molar-refractivity contribution in [1.82, 2.24) is 0 Å². The quantitative estimate of drug-likeness (QED) is 0.0261. The van der Waals surface area contributed by atoms with Crippen LogP contribution >= 0.6 is 0 Å². The fraction of sp³-hybridized carbons (Fsp3) is 0.727. The number of carbonyl (C=O) groups excluding carboxylic acids is 3. The van der Waals surface area contributed by atoms with Gasteiger partial charge in [0.15, 0.2) is 6.10 Å². The molecule has 0 aromatic heterocycles. The Kier molecular flexibility index (Phi) is 67.2. The summed E-state index contributed by atoms with van der Waals surface area (Å²) in [6, 6.07) is 0. The molecule has 0 rings (SSSR count). The Balaban J connectivity index is 4.30. The molecule has 6 nitrogen and oxygen atoms in total. The van der Waals surface area contributed by atoms with Crippen LogP contribution in [0.15, 0.2) is 109 Å². The van der Waals surface area contributed by atoms with Crippen LogP contribution in [0.1, 0.15) is 342 Å². The predicted molar refractivity (Wildman–Crippen MR) is 362 cm³/mol. The van der Waals surface area contributed by atoms with E-state index in [0.29, 0.717) is 19.3 Å². The first-order chi connectivity index (χ1) is 41.0. The summed E-state index contributed by atoms with van der Waals surface area (Å²) in [6.07, 6.45) is 96.8. The molecule has 0 aromatic carbocycles. The molecule has 83 heavy (non-hydrogen) atoms. The number of unbranched alkanes of at least 4 members (excludes halogenated alkanes) is 35. The van der Waals surface area contributed by atoms with Crippen molar-refractivity contribution in [3.05, 3.63) is 109 Å². The molecule has 0 fully saturated rings. The van der Waals surface area contributed by atoms with Crippen molar-refractivity contribution in [2.45, 2.75) is 348 Å². The van der Waals surface area contributed by atoms with Gasteiger partial charge in [-0.3, -0.25) is 14.4 Å². The maximum atomic E-state index is 13.0. The average molecular weight is 1150 g/mol. The second-order valence-electron chi connectivity index (χ2n) is 23.4. The summed E-state index contributed by atoms with van der Waals surface area (Å²) in [6.45, 7) is 6.44.